The van der Waals surface area contributed by atoms with Crippen LogP contribution in [0.5, 0.6) is 0 Å². The van der Waals surface area contributed by atoms with Gasteiger partial charge in [-0.1, -0.05) is 11.6 Å². The van der Waals surface area contributed by atoms with Gasteiger partial charge >= 0.3 is 0 Å². The highest BCUT2D eigenvalue weighted by atomic mass is 35.5. The average molecular weight is 246 g/mol. The Bertz CT molecular complexity index is 371. The molecule has 0 radical (unpaired) electrons. The van der Waals surface area contributed by atoms with Gasteiger partial charge in [0, 0.05) is 18.0 Å². The highest BCUT2D eigenvalue weighted by Crippen LogP contribution is 2.14. The number of benzene rings is 1. The summed E-state index contributed by atoms with van der Waals surface area (Å²) in [6.07, 6.45) is 0.446. The van der Waals surface area contributed by atoms with Crippen LogP contribution in [-0.4, -0.2) is 24.2 Å². The molecule has 16 heavy (non-hydrogen) atoms. The molecule has 0 aliphatic carbocycles. The third-order valence-electron chi connectivity index (χ3n) is 2.06. The lowest BCUT2D eigenvalue weighted by Crippen LogP contribution is -2.26. The van der Waals surface area contributed by atoms with Crippen molar-refractivity contribution >= 4 is 17.5 Å². The van der Waals surface area contributed by atoms with Gasteiger partial charge in [0.25, 0.3) is 0 Å². The highest BCUT2D eigenvalue weighted by molar-refractivity contribution is 6.30. The number of hydrogen-bond donors (Lipinski definition) is 2. The molecule has 0 saturated carbocycles. The summed E-state index contributed by atoms with van der Waals surface area (Å²) in [7, 11) is 0. The van der Waals surface area contributed by atoms with Crippen LogP contribution in [0.15, 0.2) is 18.2 Å². The second-order valence-corrected chi connectivity index (χ2v) is 3.75. The molecule has 1 aromatic carbocycles. The fourth-order valence-electron chi connectivity index (χ4n) is 1.26. The molecular weight excluding hydrogens is 233 g/mol. The van der Waals surface area contributed by atoms with E-state index >= 15 is 0 Å². The van der Waals surface area contributed by atoms with Crippen LogP contribution in [0.25, 0.3) is 0 Å². The molecule has 1 aromatic rings. The molecule has 5 heteroatoms. The fraction of sp³-hybridized carbons (Fsp3) is 0.364. The van der Waals surface area contributed by atoms with Gasteiger partial charge in [-0.3, -0.25) is 4.79 Å². The molecular formula is C11H13ClFNO2. The quantitative estimate of drug-likeness (QED) is 0.826. The Kier molecular flexibility index (Phi) is 5.22. The summed E-state index contributed by atoms with van der Waals surface area (Å²) >= 11 is 5.72. The highest BCUT2D eigenvalue weighted by Gasteiger charge is 2.04. The minimum absolute atomic E-state index is 0.0675. The molecule has 0 aliphatic rings. The van der Waals surface area contributed by atoms with E-state index in [1.54, 1.807) is 0 Å². The molecule has 0 spiro atoms. The molecule has 1 amide bonds. The number of rotatable bonds is 5. The van der Waals surface area contributed by atoms with Gasteiger partial charge in [-0.2, -0.15) is 0 Å². The van der Waals surface area contributed by atoms with E-state index in [1.807, 2.05) is 0 Å². The second-order valence-electron chi connectivity index (χ2n) is 3.31. The first-order valence-electron chi connectivity index (χ1n) is 4.95. The van der Waals surface area contributed by atoms with Gasteiger partial charge in [0.15, 0.2) is 0 Å². The van der Waals surface area contributed by atoms with Crippen molar-refractivity contribution in [3.63, 3.8) is 0 Å². The molecule has 0 unspecified atom stereocenters. The van der Waals surface area contributed by atoms with E-state index in [0.29, 0.717) is 23.6 Å². The topological polar surface area (TPSA) is 49.3 Å². The normalized spacial score (nSPS) is 10.2. The minimum Gasteiger partial charge on any atom is -0.396 e. The Morgan fingerprint density at radius 3 is 2.94 bits per heavy atom. The van der Waals surface area contributed by atoms with Crippen molar-refractivity contribution in [1.29, 1.82) is 0 Å². The largest absolute Gasteiger partial charge is 0.396 e. The number of aliphatic hydroxyl groups excluding tert-OH is 1. The molecule has 0 bridgehead atoms. The minimum atomic E-state index is -0.333. The Morgan fingerprint density at radius 1 is 1.50 bits per heavy atom. The number of hydrogen-bond acceptors (Lipinski definition) is 2. The fourth-order valence-corrected chi connectivity index (χ4v) is 1.46. The van der Waals surface area contributed by atoms with Gasteiger partial charge in [-0.25, -0.2) is 4.39 Å². The summed E-state index contributed by atoms with van der Waals surface area (Å²) in [6.45, 7) is 0.146. The maximum atomic E-state index is 13.2. The molecule has 0 heterocycles. The maximum absolute atomic E-state index is 13.2. The van der Waals surface area contributed by atoms with E-state index in [2.05, 4.69) is 5.32 Å². The lowest BCUT2D eigenvalue weighted by atomic mass is 10.1. The SMILES string of the molecule is O=C(CCO)NCCc1cc(Cl)ccc1F. The van der Waals surface area contributed by atoms with Crippen molar-refractivity contribution in [1.82, 2.24) is 5.32 Å². The Labute approximate surface area is 98.2 Å². The van der Waals surface area contributed by atoms with Crippen LogP contribution in [0, 0.1) is 5.82 Å². The van der Waals surface area contributed by atoms with Crippen LogP contribution in [0.3, 0.4) is 0 Å². The van der Waals surface area contributed by atoms with Crippen LogP contribution in [0.4, 0.5) is 4.39 Å². The summed E-state index contributed by atoms with van der Waals surface area (Å²) in [4.78, 5) is 11.0. The van der Waals surface area contributed by atoms with Crippen molar-refractivity contribution in [2.75, 3.05) is 13.2 Å². The zero-order chi connectivity index (χ0) is 12.0. The first kappa shape index (κ1) is 12.9. The first-order valence-corrected chi connectivity index (χ1v) is 5.32. The summed E-state index contributed by atoms with van der Waals surface area (Å²) in [5.41, 5.74) is 0.469. The van der Waals surface area contributed by atoms with E-state index in [-0.39, 0.29) is 24.8 Å². The van der Waals surface area contributed by atoms with Gasteiger partial charge in [-0.15, -0.1) is 0 Å². The van der Waals surface area contributed by atoms with Gasteiger partial charge in [0.05, 0.1) is 6.61 Å². The van der Waals surface area contributed by atoms with Crippen LogP contribution >= 0.6 is 11.6 Å². The van der Waals surface area contributed by atoms with E-state index in [9.17, 15) is 9.18 Å². The third-order valence-corrected chi connectivity index (χ3v) is 2.30. The zero-order valence-corrected chi connectivity index (χ0v) is 9.43. The lowest BCUT2D eigenvalue weighted by Gasteiger charge is -2.05. The molecule has 0 saturated heterocycles. The average Bonchev–Trinajstić information content (AvgIpc) is 2.23. The zero-order valence-electron chi connectivity index (χ0n) is 8.67. The van der Waals surface area contributed by atoms with Gasteiger partial charge in [0.2, 0.25) is 5.91 Å². The second kappa shape index (κ2) is 6.45. The number of nitrogens with one attached hydrogen (secondary N) is 1. The smallest absolute Gasteiger partial charge is 0.222 e. The molecule has 1 rings (SSSR count). The molecule has 0 atom stereocenters. The monoisotopic (exact) mass is 245 g/mol. The Morgan fingerprint density at radius 2 is 2.25 bits per heavy atom. The van der Waals surface area contributed by atoms with E-state index in [1.165, 1.54) is 18.2 Å². The molecule has 3 nitrogen and oxygen atoms in total. The van der Waals surface area contributed by atoms with E-state index in [0.717, 1.165) is 0 Å². The standard InChI is InChI=1S/C11H13ClFNO2/c12-9-1-2-10(13)8(7-9)3-5-14-11(16)4-6-15/h1-2,7,15H,3-6H2,(H,14,16). The van der Waals surface area contributed by atoms with E-state index in [4.69, 9.17) is 16.7 Å². The van der Waals surface area contributed by atoms with Gasteiger partial charge in [-0.05, 0) is 30.2 Å². The maximum Gasteiger partial charge on any atom is 0.222 e. The molecule has 2 N–H and O–H groups in total. The van der Waals surface area contributed by atoms with Crippen molar-refractivity contribution in [2.45, 2.75) is 12.8 Å². The molecule has 0 fully saturated rings. The van der Waals surface area contributed by atoms with Crippen LogP contribution < -0.4 is 5.32 Å². The van der Waals surface area contributed by atoms with Crippen molar-refractivity contribution in [3.8, 4) is 0 Å². The molecule has 0 aromatic heterocycles. The van der Waals surface area contributed by atoms with Gasteiger partial charge in [0.1, 0.15) is 5.82 Å². The summed E-state index contributed by atoms with van der Waals surface area (Å²) in [5.74, 6) is -0.578. The predicted molar refractivity (Wildman–Crippen MR) is 59.8 cm³/mol. The number of amides is 1. The molecule has 88 valence electrons. The molecule has 0 aliphatic heterocycles. The van der Waals surface area contributed by atoms with Crippen LogP contribution in [-0.2, 0) is 11.2 Å². The van der Waals surface area contributed by atoms with Crippen LogP contribution in [0.2, 0.25) is 5.02 Å². The number of carbonyl (C=O) groups excluding carboxylic acids is 1. The van der Waals surface area contributed by atoms with Crippen molar-refractivity contribution in [2.24, 2.45) is 0 Å². The summed E-state index contributed by atoms with van der Waals surface area (Å²) in [6, 6.07) is 4.31. The van der Waals surface area contributed by atoms with Gasteiger partial charge < -0.3 is 10.4 Å². The Balaban J connectivity index is 2.42. The predicted octanol–water partition coefficient (Wildman–Crippen LogP) is 1.52. The first-order chi connectivity index (χ1) is 7.63. The van der Waals surface area contributed by atoms with E-state index < -0.39 is 0 Å². The van der Waals surface area contributed by atoms with Crippen LogP contribution in [0.1, 0.15) is 12.0 Å². The Hall–Kier alpha value is -1.13. The summed E-state index contributed by atoms with van der Waals surface area (Å²) < 4.78 is 13.2. The van der Waals surface area contributed by atoms with Crippen molar-refractivity contribution < 1.29 is 14.3 Å². The number of aliphatic hydroxyl groups is 1. The lowest BCUT2D eigenvalue weighted by molar-refractivity contribution is -0.121. The van der Waals surface area contributed by atoms with Crippen molar-refractivity contribution in [3.05, 3.63) is 34.6 Å². The summed E-state index contributed by atoms with van der Waals surface area (Å²) in [5, 5.41) is 11.5. The number of carbonyl (C=O) groups is 1. The number of halogens is 2. The third kappa shape index (κ3) is 4.16.